The van der Waals surface area contributed by atoms with Crippen LogP contribution in [0.2, 0.25) is 0 Å². The Hall–Kier alpha value is -4.24. The Morgan fingerprint density at radius 2 is 1.79 bits per heavy atom. The number of hydrogen-bond acceptors (Lipinski definition) is 6. The second-order valence-corrected chi connectivity index (χ2v) is 8.09. The van der Waals surface area contributed by atoms with Crippen LogP contribution >= 0.6 is 11.8 Å². The molecule has 3 aromatic rings. The van der Waals surface area contributed by atoms with E-state index in [0.29, 0.717) is 22.6 Å². The van der Waals surface area contributed by atoms with Gasteiger partial charge >= 0.3 is 0 Å². The summed E-state index contributed by atoms with van der Waals surface area (Å²) in [5.74, 6) is -1.06. The number of carbonyl (C=O) groups excluding carboxylic acids is 3. The molecule has 0 atom stereocenters. The number of ether oxygens (including phenoxy) is 1. The molecule has 9 heteroatoms. The van der Waals surface area contributed by atoms with E-state index >= 15 is 0 Å². The number of phenolic OH excluding ortho intramolecular Hbond substituents is 1. The van der Waals surface area contributed by atoms with Crippen LogP contribution < -0.4 is 21.1 Å². The standard InChI is InChI=1S/C25H23N3O5S/c1-33-22-14-19(29)11-10-17(22)12-21(28-24(31)16-6-3-2-4-7-16)25(32)27-18-8-5-9-20(13-18)34-15-23(26)30/h2-14,29H,15H2,1H3,(H2,26,30)(H,27,32)(H,28,31)/b21-12-. The highest BCUT2D eigenvalue weighted by atomic mass is 32.2. The summed E-state index contributed by atoms with van der Waals surface area (Å²) >= 11 is 1.24. The van der Waals surface area contributed by atoms with Crippen LogP contribution in [0.25, 0.3) is 6.08 Å². The molecule has 174 valence electrons. The van der Waals surface area contributed by atoms with Crippen molar-refractivity contribution >= 4 is 41.2 Å². The molecule has 34 heavy (non-hydrogen) atoms. The molecule has 0 saturated heterocycles. The van der Waals surface area contributed by atoms with Crippen molar-refractivity contribution in [2.24, 2.45) is 5.73 Å². The first kappa shape index (κ1) is 24.4. The number of carbonyl (C=O) groups is 3. The minimum absolute atomic E-state index is 0.00130. The second-order valence-electron chi connectivity index (χ2n) is 7.04. The first-order valence-corrected chi connectivity index (χ1v) is 11.1. The average molecular weight is 478 g/mol. The molecule has 0 aliphatic rings. The van der Waals surface area contributed by atoms with E-state index in [0.717, 1.165) is 4.90 Å². The summed E-state index contributed by atoms with van der Waals surface area (Å²) in [5, 5.41) is 15.1. The molecule has 0 bridgehead atoms. The third kappa shape index (κ3) is 6.88. The van der Waals surface area contributed by atoms with E-state index in [1.165, 1.54) is 37.1 Å². The topological polar surface area (TPSA) is 131 Å². The maximum absolute atomic E-state index is 13.2. The maximum atomic E-state index is 13.2. The summed E-state index contributed by atoms with van der Waals surface area (Å²) < 4.78 is 5.29. The average Bonchev–Trinajstić information content (AvgIpc) is 2.84. The Kier molecular flexibility index (Phi) is 8.31. The molecule has 0 heterocycles. The van der Waals surface area contributed by atoms with Gasteiger partial charge in [-0.15, -0.1) is 11.8 Å². The SMILES string of the molecule is COc1cc(O)ccc1/C=C(\NC(=O)c1ccccc1)C(=O)Nc1cccc(SCC(N)=O)c1. The molecule has 0 aliphatic heterocycles. The highest BCUT2D eigenvalue weighted by Crippen LogP contribution is 2.26. The Morgan fingerprint density at radius 3 is 2.50 bits per heavy atom. The summed E-state index contributed by atoms with van der Waals surface area (Å²) in [6.07, 6.45) is 1.46. The van der Waals surface area contributed by atoms with Crippen LogP contribution in [0, 0.1) is 0 Å². The van der Waals surface area contributed by atoms with Gasteiger partial charge in [0.15, 0.2) is 0 Å². The lowest BCUT2D eigenvalue weighted by molar-refractivity contribution is -0.115. The van der Waals surface area contributed by atoms with E-state index in [9.17, 15) is 19.5 Å². The van der Waals surface area contributed by atoms with Crippen LogP contribution in [0.1, 0.15) is 15.9 Å². The van der Waals surface area contributed by atoms with Gasteiger partial charge < -0.3 is 26.2 Å². The molecule has 0 saturated carbocycles. The van der Waals surface area contributed by atoms with E-state index in [2.05, 4.69) is 10.6 Å². The van der Waals surface area contributed by atoms with Crippen molar-refractivity contribution in [3.05, 3.63) is 89.6 Å². The number of nitrogens with one attached hydrogen (secondary N) is 2. The Labute approximate surface area is 200 Å². The molecule has 3 rings (SSSR count). The minimum Gasteiger partial charge on any atom is -0.508 e. The predicted molar refractivity (Wildman–Crippen MR) is 132 cm³/mol. The van der Waals surface area contributed by atoms with Crippen molar-refractivity contribution in [2.45, 2.75) is 4.90 Å². The molecular weight excluding hydrogens is 454 g/mol. The molecule has 0 aromatic heterocycles. The normalized spacial score (nSPS) is 10.9. The molecule has 0 unspecified atom stereocenters. The zero-order chi connectivity index (χ0) is 24.5. The van der Waals surface area contributed by atoms with Crippen molar-refractivity contribution < 1.29 is 24.2 Å². The van der Waals surface area contributed by atoms with Gasteiger partial charge in [0.1, 0.15) is 17.2 Å². The second kappa shape index (κ2) is 11.6. The summed E-state index contributed by atoms with van der Waals surface area (Å²) in [7, 11) is 1.43. The zero-order valence-corrected chi connectivity index (χ0v) is 19.1. The van der Waals surface area contributed by atoms with E-state index in [4.69, 9.17) is 10.5 Å². The summed E-state index contributed by atoms with van der Waals surface area (Å²) in [6.45, 7) is 0. The zero-order valence-electron chi connectivity index (χ0n) is 18.3. The molecular formula is C25H23N3O5S. The first-order chi connectivity index (χ1) is 16.4. The number of nitrogens with two attached hydrogens (primary N) is 1. The highest BCUT2D eigenvalue weighted by Gasteiger charge is 2.16. The first-order valence-electron chi connectivity index (χ1n) is 10.1. The monoisotopic (exact) mass is 477 g/mol. The van der Waals surface area contributed by atoms with Gasteiger partial charge in [0.2, 0.25) is 5.91 Å². The fourth-order valence-electron chi connectivity index (χ4n) is 2.93. The van der Waals surface area contributed by atoms with Crippen LogP contribution in [0.5, 0.6) is 11.5 Å². The summed E-state index contributed by atoms with van der Waals surface area (Å²) in [6, 6.07) is 19.8. The fourth-order valence-corrected chi connectivity index (χ4v) is 3.63. The van der Waals surface area contributed by atoms with Crippen LogP contribution in [-0.2, 0) is 9.59 Å². The molecule has 5 N–H and O–H groups in total. The number of anilines is 1. The van der Waals surface area contributed by atoms with Crippen LogP contribution in [0.3, 0.4) is 0 Å². The predicted octanol–water partition coefficient (Wildman–Crippen LogP) is 3.39. The van der Waals surface area contributed by atoms with Crippen molar-refractivity contribution in [1.82, 2.24) is 5.32 Å². The Bertz CT molecular complexity index is 1230. The van der Waals surface area contributed by atoms with Crippen molar-refractivity contribution in [1.29, 1.82) is 0 Å². The lowest BCUT2D eigenvalue weighted by Crippen LogP contribution is -2.30. The maximum Gasteiger partial charge on any atom is 0.272 e. The number of thioether (sulfide) groups is 1. The number of aromatic hydroxyl groups is 1. The number of primary amides is 1. The number of hydrogen-bond donors (Lipinski definition) is 4. The molecule has 3 aromatic carbocycles. The van der Waals surface area contributed by atoms with E-state index in [1.54, 1.807) is 60.7 Å². The quantitative estimate of drug-likeness (QED) is 0.276. The molecule has 3 amide bonds. The van der Waals surface area contributed by atoms with Gasteiger partial charge in [-0.05, 0) is 48.5 Å². The van der Waals surface area contributed by atoms with Gasteiger partial charge in [-0.1, -0.05) is 24.3 Å². The number of amides is 3. The van der Waals surface area contributed by atoms with Gasteiger partial charge in [-0.3, -0.25) is 14.4 Å². The fraction of sp³-hybridized carbons (Fsp3) is 0.0800. The number of rotatable bonds is 9. The third-order valence-electron chi connectivity index (χ3n) is 4.52. The lowest BCUT2D eigenvalue weighted by atomic mass is 10.1. The number of phenols is 1. The molecule has 0 spiro atoms. The molecule has 0 fully saturated rings. The molecule has 8 nitrogen and oxygen atoms in total. The van der Waals surface area contributed by atoms with E-state index in [-0.39, 0.29) is 17.2 Å². The van der Waals surface area contributed by atoms with E-state index < -0.39 is 17.7 Å². The van der Waals surface area contributed by atoms with Crippen LogP contribution in [0.4, 0.5) is 5.69 Å². The third-order valence-corrected chi connectivity index (χ3v) is 5.53. The Balaban J connectivity index is 1.90. The largest absolute Gasteiger partial charge is 0.508 e. The summed E-state index contributed by atoms with van der Waals surface area (Å²) in [5.41, 5.74) is 6.49. The van der Waals surface area contributed by atoms with Gasteiger partial charge in [0, 0.05) is 27.8 Å². The molecule has 0 radical (unpaired) electrons. The van der Waals surface area contributed by atoms with Gasteiger partial charge in [-0.25, -0.2) is 0 Å². The van der Waals surface area contributed by atoms with E-state index in [1.807, 2.05) is 0 Å². The lowest BCUT2D eigenvalue weighted by Gasteiger charge is -2.13. The molecule has 0 aliphatic carbocycles. The van der Waals surface area contributed by atoms with Crippen LogP contribution in [-0.4, -0.2) is 35.7 Å². The highest BCUT2D eigenvalue weighted by molar-refractivity contribution is 8.00. The van der Waals surface area contributed by atoms with Gasteiger partial charge in [-0.2, -0.15) is 0 Å². The van der Waals surface area contributed by atoms with Crippen molar-refractivity contribution in [3.8, 4) is 11.5 Å². The number of benzene rings is 3. The summed E-state index contributed by atoms with van der Waals surface area (Å²) in [4.78, 5) is 37.7. The van der Waals surface area contributed by atoms with Crippen molar-refractivity contribution in [3.63, 3.8) is 0 Å². The van der Waals surface area contributed by atoms with Crippen LogP contribution in [0.15, 0.2) is 83.4 Å². The number of methoxy groups -OCH3 is 1. The smallest absolute Gasteiger partial charge is 0.272 e. The minimum atomic E-state index is -0.573. The van der Waals surface area contributed by atoms with Gasteiger partial charge in [0.05, 0.1) is 12.9 Å². The van der Waals surface area contributed by atoms with Gasteiger partial charge in [0.25, 0.3) is 11.8 Å². The Morgan fingerprint density at radius 1 is 1.03 bits per heavy atom. The van der Waals surface area contributed by atoms with Crippen molar-refractivity contribution in [2.75, 3.05) is 18.2 Å².